The van der Waals surface area contributed by atoms with Crippen molar-refractivity contribution < 1.29 is 37.8 Å². The summed E-state index contributed by atoms with van der Waals surface area (Å²) in [5, 5.41) is 3.54. The van der Waals surface area contributed by atoms with E-state index < -0.39 is 54.4 Å². The fourth-order valence-corrected chi connectivity index (χ4v) is 8.27. The number of amides is 1. The fraction of sp³-hybridized carbons (Fsp3) is 0.667. The molecule has 1 saturated carbocycles. The number of rotatable bonds is 7. The van der Waals surface area contributed by atoms with Gasteiger partial charge in [0.1, 0.15) is 17.0 Å². The van der Waals surface area contributed by atoms with E-state index in [0.29, 0.717) is 29.8 Å². The Hall–Kier alpha value is -3.05. The molecule has 1 aromatic carbocycles. The number of nitrogens with one attached hydrogen (secondary N) is 1. The molecule has 1 N–H and O–H groups in total. The Morgan fingerprint density at radius 1 is 1.05 bits per heavy atom. The van der Waals surface area contributed by atoms with Crippen LogP contribution in [0.1, 0.15) is 66.9 Å². The molecular formula is C33H50N2O8Si. The van der Waals surface area contributed by atoms with Crippen LogP contribution < -0.4 is 10.1 Å². The van der Waals surface area contributed by atoms with Crippen LogP contribution in [-0.2, 0) is 33.6 Å². The maximum absolute atomic E-state index is 14.5. The predicted molar refractivity (Wildman–Crippen MR) is 170 cm³/mol. The van der Waals surface area contributed by atoms with E-state index in [-0.39, 0.29) is 18.2 Å². The number of hydrogen-bond acceptors (Lipinski definition) is 9. The van der Waals surface area contributed by atoms with Crippen LogP contribution in [0.2, 0.25) is 18.1 Å². The molecule has 1 saturated heterocycles. The van der Waals surface area contributed by atoms with Crippen LogP contribution >= 0.6 is 0 Å². The van der Waals surface area contributed by atoms with Gasteiger partial charge in [0.2, 0.25) is 0 Å². The first-order valence-electron chi connectivity index (χ1n) is 15.3. The number of hydrogen-bond donors (Lipinski definition) is 1. The Balaban J connectivity index is 1.99. The molecule has 1 amide bonds. The third-order valence-corrected chi connectivity index (χ3v) is 14.9. The lowest BCUT2D eigenvalue weighted by atomic mass is 9.41. The quantitative estimate of drug-likeness (QED) is 0.127. The molecule has 44 heavy (non-hydrogen) atoms. The Morgan fingerprint density at radius 3 is 2.16 bits per heavy atom. The lowest BCUT2D eigenvalue weighted by molar-refractivity contribution is -0.218. The van der Waals surface area contributed by atoms with Gasteiger partial charge < -0.3 is 28.7 Å². The van der Waals surface area contributed by atoms with Gasteiger partial charge in [0.05, 0.1) is 33.4 Å². The molecular weight excluding hydrogens is 580 g/mol. The van der Waals surface area contributed by atoms with E-state index in [1.54, 1.807) is 12.0 Å². The molecule has 3 aliphatic rings. The van der Waals surface area contributed by atoms with Crippen molar-refractivity contribution in [3.05, 3.63) is 35.4 Å². The molecule has 244 valence electrons. The van der Waals surface area contributed by atoms with E-state index in [2.05, 4.69) is 39.2 Å². The summed E-state index contributed by atoms with van der Waals surface area (Å²) in [5.74, 6) is -1.51. The second-order valence-corrected chi connectivity index (χ2v) is 19.5. The minimum Gasteiger partial charge on any atom is -0.497 e. The molecule has 3 atom stereocenters. The SMILES string of the molecule is CC=C(CO[Si](C)(C)C(C)(C)C)[C@@H]1CC[C@@]23Nc4ccc(OC)cc4C2(CN3C(=O)OC(C)(C)C)C1(C(=O)OC)C(=O)OC. The summed E-state index contributed by atoms with van der Waals surface area (Å²) >= 11 is 0. The molecule has 1 aliphatic carbocycles. The minimum atomic E-state index is -2.20. The summed E-state index contributed by atoms with van der Waals surface area (Å²) in [4.78, 5) is 44.4. The van der Waals surface area contributed by atoms with Gasteiger partial charge in [0, 0.05) is 18.2 Å². The highest BCUT2D eigenvalue weighted by atomic mass is 28.4. The number of carbonyl (C=O) groups excluding carboxylic acids is 3. The average molecular weight is 631 g/mol. The van der Waals surface area contributed by atoms with E-state index in [4.69, 9.17) is 23.4 Å². The van der Waals surface area contributed by atoms with Gasteiger partial charge in [0.25, 0.3) is 0 Å². The molecule has 0 bridgehead atoms. The summed E-state index contributed by atoms with van der Waals surface area (Å²) in [6.45, 7) is 18.5. The van der Waals surface area contributed by atoms with Gasteiger partial charge in [0.15, 0.2) is 13.7 Å². The zero-order valence-corrected chi connectivity index (χ0v) is 29.4. The second-order valence-electron chi connectivity index (χ2n) is 14.7. The molecule has 0 aromatic heterocycles. The van der Waals surface area contributed by atoms with Crippen LogP contribution in [0.5, 0.6) is 5.75 Å². The number of likely N-dealkylation sites (tertiary alicyclic amines) is 1. The summed E-state index contributed by atoms with van der Waals surface area (Å²) in [6, 6.07) is 5.52. The van der Waals surface area contributed by atoms with Crippen LogP contribution in [0, 0.1) is 11.3 Å². The number of carbonyl (C=O) groups is 3. The monoisotopic (exact) mass is 630 g/mol. The number of anilines is 1. The largest absolute Gasteiger partial charge is 0.497 e. The van der Waals surface area contributed by atoms with E-state index >= 15 is 0 Å². The van der Waals surface area contributed by atoms with Crippen molar-refractivity contribution in [2.75, 3.05) is 39.8 Å². The van der Waals surface area contributed by atoms with E-state index in [1.807, 2.05) is 52.0 Å². The van der Waals surface area contributed by atoms with Gasteiger partial charge in [-0.05, 0) is 88.0 Å². The zero-order chi connectivity index (χ0) is 33.1. The Bertz CT molecular complexity index is 1340. The highest BCUT2D eigenvalue weighted by molar-refractivity contribution is 6.74. The normalized spacial score (nSPS) is 25.9. The number of ether oxygens (including phenoxy) is 4. The smallest absolute Gasteiger partial charge is 0.412 e. The fourth-order valence-electron chi connectivity index (χ4n) is 7.31. The van der Waals surface area contributed by atoms with Gasteiger partial charge in [-0.2, -0.15) is 0 Å². The maximum atomic E-state index is 14.5. The van der Waals surface area contributed by atoms with Crippen LogP contribution in [0.4, 0.5) is 10.5 Å². The van der Waals surface area contributed by atoms with Gasteiger partial charge in [-0.1, -0.05) is 26.8 Å². The number of fused-ring (bicyclic) bond motifs is 1. The molecule has 0 spiro atoms. The summed E-state index contributed by atoms with van der Waals surface area (Å²) in [5.41, 5.74) is -2.83. The maximum Gasteiger partial charge on any atom is 0.412 e. The van der Waals surface area contributed by atoms with Crippen molar-refractivity contribution in [1.29, 1.82) is 0 Å². The van der Waals surface area contributed by atoms with Crippen molar-refractivity contribution in [1.82, 2.24) is 4.90 Å². The number of nitrogens with zero attached hydrogens (tertiary/aromatic N) is 1. The van der Waals surface area contributed by atoms with Crippen molar-refractivity contribution in [2.45, 2.75) is 96.1 Å². The lowest BCUT2D eigenvalue weighted by Crippen LogP contribution is -2.88. The van der Waals surface area contributed by atoms with E-state index in [0.717, 1.165) is 5.57 Å². The Kier molecular flexibility index (Phi) is 8.52. The molecule has 1 aromatic rings. The number of benzene rings is 1. The van der Waals surface area contributed by atoms with Crippen molar-refractivity contribution in [3.8, 4) is 5.75 Å². The van der Waals surface area contributed by atoms with Crippen LogP contribution in [0.15, 0.2) is 29.8 Å². The molecule has 4 rings (SSSR count). The lowest BCUT2D eigenvalue weighted by Gasteiger charge is -2.70. The predicted octanol–water partition coefficient (Wildman–Crippen LogP) is 6.02. The Labute approximate surface area is 262 Å². The van der Waals surface area contributed by atoms with E-state index in [1.165, 1.54) is 14.2 Å². The minimum absolute atomic E-state index is 0.0237. The summed E-state index contributed by atoms with van der Waals surface area (Å²) < 4.78 is 29.2. The van der Waals surface area contributed by atoms with E-state index in [9.17, 15) is 14.4 Å². The number of esters is 2. The van der Waals surface area contributed by atoms with Gasteiger partial charge in [-0.25, -0.2) is 4.79 Å². The summed E-state index contributed by atoms with van der Waals surface area (Å²) in [7, 11) is 1.94. The van der Waals surface area contributed by atoms with Gasteiger partial charge in [-0.15, -0.1) is 0 Å². The molecule has 1 unspecified atom stereocenters. The first-order valence-corrected chi connectivity index (χ1v) is 18.2. The van der Waals surface area contributed by atoms with Crippen molar-refractivity contribution in [3.63, 3.8) is 0 Å². The Morgan fingerprint density at radius 2 is 1.66 bits per heavy atom. The van der Waals surface area contributed by atoms with Crippen LogP contribution in [-0.4, -0.2) is 77.0 Å². The first-order chi connectivity index (χ1) is 20.3. The molecule has 0 radical (unpaired) electrons. The number of methoxy groups -OCH3 is 3. The number of allylic oxidation sites excluding steroid dienone is 1. The van der Waals surface area contributed by atoms with Gasteiger partial charge in [-0.3, -0.25) is 14.5 Å². The third-order valence-electron chi connectivity index (χ3n) is 10.4. The molecule has 2 fully saturated rings. The average Bonchev–Trinajstić information content (AvgIpc) is 3.16. The first kappa shape index (κ1) is 33.8. The summed E-state index contributed by atoms with van der Waals surface area (Å²) in [6.07, 6.45) is 2.22. The molecule has 10 nitrogen and oxygen atoms in total. The topological polar surface area (TPSA) is 113 Å². The highest BCUT2D eigenvalue weighted by Crippen LogP contribution is 2.72. The molecule has 11 heteroatoms. The zero-order valence-electron chi connectivity index (χ0n) is 28.4. The van der Waals surface area contributed by atoms with Crippen molar-refractivity contribution in [2.24, 2.45) is 11.3 Å². The van der Waals surface area contributed by atoms with Gasteiger partial charge >= 0.3 is 18.0 Å². The highest BCUT2D eigenvalue weighted by Gasteiger charge is 2.86. The van der Waals surface area contributed by atoms with Crippen LogP contribution in [0.25, 0.3) is 0 Å². The van der Waals surface area contributed by atoms with Crippen molar-refractivity contribution >= 4 is 32.0 Å². The standard InChI is InChI=1S/C33H50N2O8Si/c1-13-21(19-42-44(11,12)30(5,6)7)23-16-17-32-31(20-35(32)28(38)43-29(2,3)4,33(23,26(36)40-9)27(37)41-10)24-18-22(39-8)14-15-25(24)34-32/h13-15,18,23,34H,16-17,19-20H2,1-12H3/t23-,31?,32-/m0/s1. The molecule has 2 aliphatic heterocycles. The third kappa shape index (κ3) is 4.64. The van der Waals surface area contributed by atoms with Crippen LogP contribution in [0.3, 0.4) is 0 Å². The molecule has 2 heterocycles. The second kappa shape index (κ2) is 11.1.